The average Bonchev–Trinajstić information content (AvgIpc) is 3.38. The number of halogens is 2. The van der Waals surface area contributed by atoms with E-state index in [0.717, 1.165) is 49.0 Å². The fourth-order valence-electron chi connectivity index (χ4n) is 4.75. The van der Waals surface area contributed by atoms with Crippen molar-refractivity contribution >= 4 is 46.4 Å². The Balaban J connectivity index is 1.72. The summed E-state index contributed by atoms with van der Waals surface area (Å²) in [4.78, 5) is 19.7. The van der Waals surface area contributed by atoms with Gasteiger partial charge in [0.05, 0.1) is 34.4 Å². The molecule has 10 heteroatoms. The van der Waals surface area contributed by atoms with Crippen LogP contribution in [0.4, 0.5) is 0 Å². The van der Waals surface area contributed by atoms with Gasteiger partial charge in [0.1, 0.15) is 0 Å². The molecule has 0 aliphatic heterocycles. The van der Waals surface area contributed by atoms with Gasteiger partial charge in [0, 0.05) is 44.1 Å². The van der Waals surface area contributed by atoms with Crippen molar-refractivity contribution in [2.45, 2.75) is 72.0 Å². The second kappa shape index (κ2) is 17.1. The highest BCUT2D eigenvalue weighted by Crippen LogP contribution is 2.27. The Hall–Kier alpha value is -3.12. The highest BCUT2D eigenvalue weighted by molar-refractivity contribution is 7.80. The highest BCUT2D eigenvalue weighted by atomic mass is 35.5. The lowest BCUT2D eigenvalue weighted by Gasteiger charge is -2.32. The molecular weight excluding hydrogens is 587 g/mol. The van der Waals surface area contributed by atoms with Crippen molar-refractivity contribution in [2.24, 2.45) is 5.92 Å². The Bertz CT molecular complexity index is 1350. The van der Waals surface area contributed by atoms with E-state index in [0.29, 0.717) is 46.3 Å². The van der Waals surface area contributed by atoms with Crippen molar-refractivity contribution in [3.05, 3.63) is 87.4 Å². The van der Waals surface area contributed by atoms with Crippen LogP contribution in [-0.4, -0.2) is 44.6 Å². The molecular formula is C32H40Cl2N6OS. The molecule has 0 bridgehead atoms. The molecule has 0 saturated heterocycles. The third-order valence-electron chi connectivity index (χ3n) is 6.87. The van der Waals surface area contributed by atoms with E-state index in [1.54, 1.807) is 30.7 Å². The maximum Gasteiger partial charge on any atom is 0.226 e. The third-order valence-corrected chi connectivity index (χ3v) is 8.14. The van der Waals surface area contributed by atoms with Crippen LogP contribution in [0.25, 0.3) is 0 Å². The fraction of sp³-hybridized carbons (Fsp3) is 0.438. The second-order valence-electron chi connectivity index (χ2n) is 10.9. The van der Waals surface area contributed by atoms with Crippen molar-refractivity contribution in [1.29, 1.82) is 5.26 Å². The van der Waals surface area contributed by atoms with Gasteiger partial charge in [0.25, 0.3) is 0 Å². The number of unbranched alkanes of at least 4 members (excludes halogenated alkanes) is 2. The molecule has 1 heterocycles. The van der Waals surface area contributed by atoms with Crippen LogP contribution < -0.4 is 10.6 Å². The largest absolute Gasteiger partial charge is 0.363 e. The summed E-state index contributed by atoms with van der Waals surface area (Å²) in [6, 6.07) is 15.0. The molecule has 1 atom stereocenters. The highest BCUT2D eigenvalue weighted by Gasteiger charge is 2.22. The first-order valence-corrected chi connectivity index (χ1v) is 15.6. The first-order valence-electron chi connectivity index (χ1n) is 14.4. The average molecular weight is 628 g/mol. The molecule has 1 amide bonds. The number of hydrogen-bond acceptors (Lipinski definition) is 4. The number of thiocarbonyl (C=S) groups is 1. The van der Waals surface area contributed by atoms with E-state index in [4.69, 9.17) is 40.7 Å². The van der Waals surface area contributed by atoms with Crippen molar-refractivity contribution < 1.29 is 4.79 Å². The lowest BCUT2D eigenvalue weighted by atomic mass is 10.0. The van der Waals surface area contributed by atoms with Crippen LogP contribution in [0.2, 0.25) is 10.0 Å². The normalized spacial score (nSPS) is 11.6. The van der Waals surface area contributed by atoms with Crippen LogP contribution in [0.5, 0.6) is 0 Å². The summed E-state index contributed by atoms with van der Waals surface area (Å²) in [5, 5.41) is 17.4. The van der Waals surface area contributed by atoms with Gasteiger partial charge >= 0.3 is 0 Å². The van der Waals surface area contributed by atoms with Crippen molar-refractivity contribution in [3.63, 3.8) is 0 Å². The Morgan fingerprint density at radius 3 is 2.62 bits per heavy atom. The lowest BCUT2D eigenvalue weighted by Crippen LogP contribution is -2.49. The van der Waals surface area contributed by atoms with Gasteiger partial charge in [-0.15, -0.1) is 0 Å². The van der Waals surface area contributed by atoms with E-state index in [9.17, 15) is 4.79 Å². The number of carbonyl (C=O) groups excluding carboxylic acids is 1. The van der Waals surface area contributed by atoms with Gasteiger partial charge in [0.15, 0.2) is 5.11 Å². The number of rotatable bonds is 15. The summed E-state index contributed by atoms with van der Waals surface area (Å²) in [6.45, 7) is 8.81. The number of nitriles is 1. The standard InChI is InChI=1S/C32H40Cl2N6OS/c1-4-5-6-14-37-32(42)39(20-26-8-7-9-29(33)31(26)34)21-27(15-23(2)3)38-30(41)16-28-18-36-22-40(28)19-25-12-10-24(17-35)11-13-25/h7-13,18,22-23,27H,4-6,14-16,19-21H2,1-3H3,(H,37,42)(H,38,41)/t27-/m0/s1. The summed E-state index contributed by atoms with van der Waals surface area (Å²) >= 11 is 18.7. The van der Waals surface area contributed by atoms with Gasteiger partial charge in [-0.1, -0.05) is 81.1 Å². The first kappa shape index (κ1) is 33.4. The molecule has 0 saturated carbocycles. The molecule has 0 aliphatic rings. The van der Waals surface area contributed by atoms with Gasteiger partial charge in [0.2, 0.25) is 5.91 Å². The molecule has 2 N–H and O–H groups in total. The van der Waals surface area contributed by atoms with Crippen LogP contribution >= 0.6 is 35.4 Å². The monoisotopic (exact) mass is 626 g/mol. The van der Waals surface area contributed by atoms with Crippen molar-refractivity contribution in [2.75, 3.05) is 13.1 Å². The van der Waals surface area contributed by atoms with Crippen LogP contribution in [0, 0.1) is 17.2 Å². The number of carbonyl (C=O) groups is 1. The summed E-state index contributed by atoms with van der Waals surface area (Å²) in [5.74, 6) is 0.282. The predicted molar refractivity (Wildman–Crippen MR) is 175 cm³/mol. The quantitative estimate of drug-likeness (QED) is 0.143. The zero-order valence-corrected chi connectivity index (χ0v) is 26.9. The second-order valence-corrected chi connectivity index (χ2v) is 12.1. The SMILES string of the molecule is CCCCCNC(=S)N(Cc1cccc(Cl)c1Cl)C[C@H](CC(C)C)NC(=O)Cc1cncn1Cc1ccc(C#N)cc1. The zero-order valence-electron chi connectivity index (χ0n) is 24.6. The van der Waals surface area contributed by atoms with Crippen molar-refractivity contribution in [3.8, 4) is 6.07 Å². The molecule has 3 rings (SSSR count). The third kappa shape index (κ3) is 10.6. The number of amides is 1. The molecule has 0 fully saturated rings. The van der Waals surface area contributed by atoms with Gasteiger partial charge in [-0.25, -0.2) is 4.98 Å². The minimum atomic E-state index is -0.138. The summed E-state index contributed by atoms with van der Waals surface area (Å²) in [7, 11) is 0. The topological polar surface area (TPSA) is 86.0 Å². The fourth-order valence-corrected chi connectivity index (χ4v) is 5.38. The van der Waals surface area contributed by atoms with Crippen molar-refractivity contribution in [1.82, 2.24) is 25.1 Å². The first-order chi connectivity index (χ1) is 20.2. The van der Waals surface area contributed by atoms with E-state index in [1.807, 2.05) is 28.8 Å². The van der Waals surface area contributed by atoms with E-state index in [2.05, 4.69) is 47.4 Å². The molecule has 0 spiro atoms. The molecule has 0 aliphatic carbocycles. The Kier molecular flexibility index (Phi) is 13.6. The molecule has 42 heavy (non-hydrogen) atoms. The maximum atomic E-state index is 13.3. The minimum absolute atomic E-state index is 0.0789. The van der Waals surface area contributed by atoms with Gasteiger partial charge < -0.3 is 20.1 Å². The zero-order chi connectivity index (χ0) is 30.5. The molecule has 2 aromatic carbocycles. The van der Waals surface area contributed by atoms with E-state index in [1.165, 1.54) is 0 Å². The summed E-state index contributed by atoms with van der Waals surface area (Å²) in [5.41, 5.74) is 3.34. The predicted octanol–water partition coefficient (Wildman–Crippen LogP) is 6.75. The molecule has 3 aromatic rings. The Morgan fingerprint density at radius 1 is 1.17 bits per heavy atom. The van der Waals surface area contributed by atoms with E-state index >= 15 is 0 Å². The molecule has 224 valence electrons. The van der Waals surface area contributed by atoms with Gasteiger partial charge in [-0.05, 0) is 60.3 Å². The van der Waals surface area contributed by atoms with E-state index < -0.39 is 0 Å². The number of hydrogen-bond donors (Lipinski definition) is 2. The van der Waals surface area contributed by atoms with Gasteiger partial charge in [-0.3, -0.25) is 4.79 Å². The number of nitrogens with one attached hydrogen (secondary N) is 2. The minimum Gasteiger partial charge on any atom is -0.363 e. The summed E-state index contributed by atoms with van der Waals surface area (Å²) < 4.78 is 1.96. The molecule has 7 nitrogen and oxygen atoms in total. The van der Waals surface area contributed by atoms with Crippen LogP contribution in [0.1, 0.15) is 68.8 Å². The van der Waals surface area contributed by atoms with Crippen LogP contribution in [0.3, 0.4) is 0 Å². The number of benzene rings is 2. The molecule has 1 aromatic heterocycles. The van der Waals surface area contributed by atoms with Crippen LogP contribution in [0.15, 0.2) is 55.0 Å². The lowest BCUT2D eigenvalue weighted by molar-refractivity contribution is -0.121. The number of imidazole rings is 1. The Morgan fingerprint density at radius 2 is 1.93 bits per heavy atom. The van der Waals surface area contributed by atoms with E-state index in [-0.39, 0.29) is 18.4 Å². The molecule has 0 radical (unpaired) electrons. The maximum absolute atomic E-state index is 13.3. The number of nitrogens with zero attached hydrogens (tertiary/aromatic N) is 4. The van der Waals surface area contributed by atoms with Gasteiger partial charge in [-0.2, -0.15) is 5.26 Å². The van der Waals surface area contributed by atoms with Crippen LogP contribution in [-0.2, 0) is 24.3 Å². The smallest absolute Gasteiger partial charge is 0.226 e. The number of aromatic nitrogens is 2. The summed E-state index contributed by atoms with van der Waals surface area (Å²) in [6.07, 6.45) is 7.73. The Labute approximate surface area is 265 Å². The molecule has 0 unspecified atom stereocenters.